The SMILES string of the molecule is C/C=C(/C)C[NH+]1CCN(c2ccccc2F)CC1. The van der Waals surface area contributed by atoms with E-state index in [4.69, 9.17) is 0 Å². The Morgan fingerprint density at radius 2 is 2.00 bits per heavy atom. The first-order valence-corrected chi connectivity index (χ1v) is 6.65. The van der Waals surface area contributed by atoms with Crippen molar-refractivity contribution in [1.82, 2.24) is 0 Å². The monoisotopic (exact) mass is 249 g/mol. The van der Waals surface area contributed by atoms with E-state index in [-0.39, 0.29) is 5.82 Å². The average Bonchev–Trinajstić information content (AvgIpc) is 2.40. The van der Waals surface area contributed by atoms with E-state index in [9.17, 15) is 4.39 Å². The van der Waals surface area contributed by atoms with Crippen LogP contribution in [0, 0.1) is 5.82 Å². The van der Waals surface area contributed by atoms with E-state index in [2.05, 4.69) is 24.8 Å². The summed E-state index contributed by atoms with van der Waals surface area (Å²) >= 11 is 0. The summed E-state index contributed by atoms with van der Waals surface area (Å²) in [4.78, 5) is 3.75. The Morgan fingerprint density at radius 1 is 1.33 bits per heavy atom. The lowest BCUT2D eigenvalue weighted by atomic mass is 10.2. The first-order valence-electron chi connectivity index (χ1n) is 6.65. The van der Waals surface area contributed by atoms with Gasteiger partial charge in [-0.25, -0.2) is 4.39 Å². The molecular weight excluding hydrogens is 227 g/mol. The van der Waals surface area contributed by atoms with E-state index in [1.165, 1.54) is 5.57 Å². The summed E-state index contributed by atoms with van der Waals surface area (Å²) in [6, 6.07) is 7.06. The topological polar surface area (TPSA) is 7.68 Å². The minimum Gasteiger partial charge on any atom is -0.358 e. The number of allylic oxidation sites excluding steroid dienone is 1. The van der Waals surface area contributed by atoms with Crippen molar-refractivity contribution in [2.75, 3.05) is 37.6 Å². The molecule has 1 fully saturated rings. The second-order valence-corrected chi connectivity index (χ2v) is 5.00. The molecule has 1 aromatic carbocycles. The van der Waals surface area contributed by atoms with Crippen molar-refractivity contribution in [2.24, 2.45) is 0 Å². The Hall–Kier alpha value is -1.35. The zero-order chi connectivity index (χ0) is 13.0. The highest BCUT2D eigenvalue weighted by Crippen LogP contribution is 2.18. The minimum atomic E-state index is -0.106. The lowest BCUT2D eigenvalue weighted by Crippen LogP contribution is -3.15. The van der Waals surface area contributed by atoms with Crippen molar-refractivity contribution in [1.29, 1.82) is 0 Å². The molecule has 0 bridgehead atoms. The molecule has 2 rings (SSSR count). The van der Waals surface area contributed by atoms with Crippen LogP contribution in [0.3, 0.4) is 0 Å². The standard InChI is InChI=1S/C15H21FN2/c1-3-13(2)12-17-8-10-18(11-9-17)15-7-5-4-6-14(15)16/h3-7H,8-12H2,1-2H3/p+1/b13-3-. The Bertz CT molecular complexity index is 420. The summed E-state index contributed by atoms with van der Waals surface area (Å²) in [5, 5.41) is 0. The number of para-hydroxylation sites is 1. The van der Waals surface area contributed by atoms with Crippen LogP contribution in [0.15, 0.2) is 35.9 Å². The van der Waals surface area contributed by atoms with Crippen LogP contribution in [0.1, 0.15) is 13.8 Å². The maximum absolute atomic E-state index is 13.7. The molecule has 1 aliphatic rings. The van der Waals surface area contributed by atoms with Crippen LogP contribution in [0.4, 0.5) is 10.1 Å². The van der Waals surface area contributed by atoms with Gasteiger partial charge in [-0.3, -0.25) is 0 Å². The Morgan fingerprint density at radius 3 is 2.61 bits per heavy atom. The number of nitrogens with zero attached hydrogens (tertiary/aromatic N) is 1. The first kappa shape index (κ1) is 13.1. The quantitative estimate of drug-likeness (QED) is 0.798. The molecule has 0 aliphatic carbocycles. The molecule has 18 heavy (non-hydrogen) atoms. The molecule has 98 valence electrons. The highest BCUT2D eigenvalue weighted by Gasteiger charge is 2.21. The third-order valence-electron chi connectivity index (χ3n) is 3.69. The van der Waals surface area contributed by atoms with Crippen LogP contribution in [-0.4, -0.2) is 32.7 Å². The van der Waals surface area contributed by atoms with E-state index in [0.717, 1.165) is 38.4 Å². The molecule has 1 heterocycles. The molecular formula is C15H22FN2+. The number of piperazine rings is 1. The Labute approximate surface area is 109 Å². The first-order chi connectivity index (χ1) is 8.70. The van der Waals surface area contributed by atoms with Crippen molar-refractivity contribution in [3.63, 3.8) is 0 Å². The second kappa shape index (κ2) is 6.01. The fraction of sp³-hybridized carbons (Fsp3) is 0.467. The zero-order valence-corrected chi connectivity index (χ0v) is 11.2. The van der Waals surface area contributed by atoms with E-state index < -0.39 is 0 Å². The van der Waals surface area contributed by atoms with Crippen molar-refractivity contribution in [3.8, 4) is 0 Å². The summed E-state index contributed by atoms with van der Waals surface area (Å²) in [6.45, 7) is 9.42. The maximum atomic E-state index is 13.7. The van der Waals surface area contributed by atoms with Gasteiger partial charge in [0.15, 0.2) is 0 Å². The number of anilines is 1. The molecule has 1 aliphatic heterocycles. The molecule has 1 saturated heterocycles. The number of nitrogens with one attached hydrogen (secondary N) is 1. The summed E-state index contributed by atoms with van der Waals surface area (Å²) in [5.74, 6) is -0.106. The molecule has 1 N–H and O–H groups in total. The largest absolute Gasteiger partial charge is 0.358 e. The van der Waals surface area contributed by atoms with E-state index >= 15 is 0 Å². The average molecular weight is 249 g/mol. The zero-order valence-electron chi connectivity index (χ0n) is 11.2. The van der Waals surface area contributed by atoms with Crippen LogP contribution in [0.2, 0.25) is 0 Å². The maximum Gasteiger partial charge on any atom is 0.146 e. The van der Waals surface area contributed by atoms with Gasteiger partial charge in [-0.15, -0.1) is 0 Å². The summed E-state index contributed by atoms with van der Waals surface area (Å²) in [7, 11) is 0. The fourth-order valence-electron chi connectivity index (χ4n) is 2.45. The summed E-state index contributed by atoms with van der Waals surface area (Å²) < 4.78 is 13.7. The molecule has 0 aromatic heterocycles. The molecule has 0 radical (unpaired) electrons. The van der Waals surface area contributed by atoms with Gasteiger partial charge in [0.1, 0.15) is 5.82 Å². The lowest BCUT2D eigenvalue weighted by Gasteiger charge is -2.33. The van der Waals surface area contributed by atoms with E-state index in [1.807, 2.05) is 12.1 Å². The van der Waals surface area contributed by atoms with Gasteiger partial charge in [0.25, 0.3) is 0 Å². The third kappa shape index (κ3) is 3.10. The fourth-order valence-corrected chi connectivity index (χ4v) is 2.45. The number of quaternary nitrogens is 1. The lowest BCUT2D eigenvalue weighted by molar-refractivity contribution is -0.895. The van der Waals surface area contributed by atoms with E-state index in [0.29, 0.717) is 0 Å². The van der Waals surface area contributed by atoms with Crippen molar-refractivity contribution < 1.29 is 9.29 Å². The molecule has 2 nitrogen and oxygen atoms in total. The van der Waals surface area contributed by atoms with Gasteiger partial charge in [0.2, 0.25) is 0 Å². The third-order valence-corrected chi connectivity index (χ3v) is 3.69. The van der Waals surface area contributed by atoms with Gasteiger partial charge in [-0.1, -0.05) is 18.2 Å². The van der Waals surface area contributed by atoms with Crippen LogP contribution in [0.25, 0.3) is 0 Å². The number of rotatable bonds is 3. The van der Waals surface area contributed by atoms with Crippen LogP contribution < -0.4 is 9.80 Å². The highest BCUT2D eigenvalue weighted by atomic mass is 19.1. The molecule has 0 unspecified atom stereocenters. The normalized spacial score (nSPS) is 18.2. The van der Waals surface area contributed by atoms with Crippen molar-refractivity contribution >= 4 is 5.69 Å². The second-order valence-electron chi connectivity index (χ2n) is 5.00. The summed E-state index contributed by atoms with van der Waals surface area (Å²) in [6.07, 6.45) is 2.18. The van der Waals surface area contributed by atoms with Crippen molar-refractivity contribution in [2.45, 2.75) is 13.8 Å². The van der Waals surface area contributed by atoms with Crippen LogP contribution >= 0.6 is 0 Å². The van der Waals surface area contributed by atoms with Gasteiger partial charge in [-0.05, 0) is 31.6 Å². The van der Waals surface area contributed by atoms with Gasteiger partial charge in [-0.2, -0.15) is 0 Å². The number of benzene rings is 1. The smallest absolute Gasteiger partial charge is 0.146 e. The molecule has 0 atom stereocenters. The molecule has 0 amide bonds. The van der Waals surface area contributed by atoms with Gasteiger partial charge in [0.05, 0.1) is 38.4 Å². The number of halogens is 1. The predicted octanol–water partition coefficient (Wildman–Crippen LogP) is 1.50. The molecule has 0 spiro atoms. The highest BCUT2D eigenvalue weighted by molar-refractivity contribution is 5.47. The predicted molar refractivity (Wildman–Crippen MR) is 73.6 cm³/mol. The summed E-state index contributed by atoms with van der Waals surface area (Å²) in [5.41, 5.74) is 2.18. The Kier molecular flexibility index (Phi) is 4.37. The van der Waals surface area contributed by atoms with E-state index in [1.54, 1.807) is 17.0 Å². The number of hydrogen-bond acceptors (Lipinski definition) is 1. The number of hydrogen-bond donors (Lipinski definition) is 1. The van der Waals surface area contributed by atoms with Crippen LogP contribution in [-0.2, 0) is 0 Å². The van der Waals surface area contributed by atoms with Gasteiger partial charge in [0, 0.05) is 0 Å². The van der Waals surface area contributed by atoms with Crippen LogP contribution in [0.5, 0.6) is 0 Å². The van der Waals surface area contributed by atoms with Crippen molar-refractivity contribution in [3.05, 3.63) is 41.7 Å². The van der Waals surface area contributed by atoms with Gasteiger partial charge >= 0.3 is 0 Å². The minimum absolute atomic E-state index is 0.106. The molecule has 0 saturated carbocycles. The molecule has 3 heteroatoms. The Balaban J connectivity index is 1.93. The molecule has 1 aromatic rings. The van der Waals surface area contributed by atoms with Gasteiger partial charge < -0.3 is 9.80 Å².